The lowest BCUT2D eigenvalue weighted by Crippen LogP contribution is -2.12. The summed E-state index contributed by atoms with van der Waals surface area (Å²) in [5, 5.41) is 12.7. The predicted molar refractivity (Wildman–Crippen MR) is 117 cm³/mol. The van der Waals surface area contributed by atoms with E-state index in [4.69, 9.17) is 4.74 Å². The molecule has 0 N–H and O–H groups in total. The molecule has 0 atom stereocenters. The zero-order chi connectivity index (χ0) is 24.1. The minimum atomic E-state index is -5.08. The van der Waals surface area contributed by atoms with Crippen LogP contribution in [0.3, 0.4) is 0 Å². The van der Waals surface area contributed by atoms with E-state index in [0.717, 1.165) is 15.6 Å². The molecule has 0 aliphatic rings. The van der Waals surface area contributed by atoms with Gasteiger partial charge in [-0.25, -0.2) is 0 Å². The minimum Gasteiger partial charge on any atom is -0.436 e. The van der Waals surface area contributed by atoms with Crippen molar-refractivity contribution >= 4 is 32.9 Å². The fraction of sp³-hybridized carbons (Fsp3) is 0.0833. The van der Waals surface area contributed by atoms with Gasteiger partial charge in [0.2, 0.25) is 5.88 Å². The maximum atomic E-state index is 13.6. The topological polar surface area (TPSA) is 35.0 Å². The molecule has 3 aromatic carbocycles. The molecule has 172 valence electrons. The van der Waals surface area contributed by atoms with E-state index in [1.54, 1.807) is 12.1 Å². The number of hydrogen-bond acceptors (Lipinski definition) is 4. The molecule has 0 bridgehead atoms. The van der Waals surface area contributed by atoms with Gasteiger partial charge < -0.3 is 4.74 Å². The molecule has 0 unspecified atom stereocenters. The second kappa shape index (κ2) is 7.98. The van der Waals surface area contributed by atoms with Crippen LogP contribution < -0.4 is 4.74 Å². The molecule has 0 fully saturated rings. The van der Waals surface area contributed by atoms with E-state index in [1.165, 1.54) is 11.3 Å². The van der Waals surface area contributed by atoms with Crippen LogP contribution in [0.25, 0.3) is 32.1 Å². The third-order valence-electron chi connectivity index (χ3n) is 5.19. The normalized spacial score (nSPS) is 12.4. The first-order chi connectivity index (χ1) is 16.1. The van der Waals surface area contributed by atoms with Crippen LogP contribution in [0.5, 0.6) is 11.6 Å². The zero-order valence-corrected chi connectivity index (χ0v) is 17.7. The van der Waals surface area contributed by atoms with Crippen molar-refractivity contribution in [2.24, 2.45) is 0 Å². The SMILES string of the molecule is FC(F)(F)c1ccc(Oc2nnc(-c3cccs3)c3cc4ccccc4cc23)c(C(F)(F)F)c1. The van der Waals surface area contributed by atoms with Crippen molar-refractivity contribution in [3.63, 3.8) is 0 Å². The van der Waals surface area contributed by atoms with Gasteiger partial charge in [-0.1, -0.05) is 30.3 Å². The molecular formula is C24H12F6N2OS. The number of hydrogen-bond donors (Lipinski definition) is 0. The molecule has 5 aromatic rings. The van der Waals surface area contributed by atoms with Gasteiger partial charge in [0.1, 0.15) is 11.4 Å². The van der Waals surface area contributed by atoms with Gasteiger partial charge in [-0.15, -0.1) is 21.5 Å². The number of fused-ring (bicyclic) bond motifs is 2. The van der Waals surface area contributed by atoms with Gasteiger partial charge in [-0.05, 0) is 52.6 Å². The van der Waals surface area contributed by atoms with Crippen molar-refractivity contribution in [3.8, 4) is 22.2 Å². The number of alkyl halides is 6. The van der Waals surface area contributed by atoms with Crippen LogP contribution in [0, 0.1) is 0 Å². The number of rotatable bonds is 3. The summed E-state index contributed by atoms with van der Waals surface area (Å²) < 4.78 is 85.4. The van der Waals surface area contributed by atoms with E-state index >= 15 is 0 Å². The molecule has 10 heteroatoms. The summed E-state index contributed by atoms with van der Waals surface area (Å²) in [6.07, 6.45) is -10.0. The predicted octanol–water partition coefficient (Wildman–Crippen LogP) is 8.34. The Morgan fingerprint density at radius 1 is 0.706 bits per heavy atom. The van der Waals surface area contributed by atoms with Crippen molar-refractivity contribution in [2.45, 2.75) is 12.4 Å². The number of nitrogens with zero attached hydrogens (tertiary/aromatic N) is 2. The van der Waals surface area contributed by atoms with Gasteiger partial charge in [0.05, 0.1) is 16.0 Å². The summed E-state index contributed by atoms with van der Waals surface area (Å²) in [6, 6.07) is 15.8. The first-order valence-corrected chi connectivity index (χ1v) is 10.7. The van der Waals surface area contributed by atoms with Crippen molar-refractivity contribution in [1.82, 2.24) is 10.2 Å². The Kier molecular flexibility index (Phi) is 5.20. The molecule has 0 radical (unpaired) electrons. The fourth-order valence-corrected chi connectivity index (χ4v) is 4.33. The molecular weight excluding hydrogens is 478 g/mol. The minimum absolute atomic E-state index is 0.0281. The van der Waals surface area contributed by atoms with Crippen molar-refractivity contribution in [2.75, 3.05) is 0 Å². The van der Waals surface area contributed by atoms with Gasteiger partial charge in [-0.2, -0.15) is 26.3 Å². The third kappa shape index (κ3) is 4.05. The average Bonchev–Trinajstić information content (AvgIpc) is 3.31. The Morgan fingerprint density at radius 3 is 2.03 bits per heavy atom. The Balaban J connectivity index is 1.71. The van der Waals surface area contributed by atoms with Crippen LogP contribution in [-0.4, -0.2) is 10.2 Å². The van der Waals surface area contributed by atoms with Crippen molar-refractivity contribution in [3.05, 3.63) is 83.2 Å². The van der Waals surface area contributed by atoms with Crippen LogP contribution in [0.1, 0.15) is 11.1 Å². The van der Waals surface area contributed by atoms with Crippen LogP contribution in [0.2, 0.25) is 0 Å². The third-order valence-corrected chi connectivity index (χ3v) is 6.06. The van der Waals surface area contributed by atoms with Crippen molar-refractivity contribution in [1.29, 1.82) is 0 Å². The maximum absolute atomic E-state index is 13.6. The Labute approximate surface area is 192 Å². The molecule has 0 saturated carbocycles. The van der Waals surface area contributed by atoms with Crippen LogP contribution >= 0.6 is 11.3 Å². The number of benzene rings is 3. The molecule has 2 aromatic heterocycles. The first-order valence-electron chi connectivity index (χ1n) is 9.80. The highest BCUT2D eigenvalue weighted by atomic mass is 32.1. The standard InChI is InChI=1S/C24H12F6N2OS/c25-23(26,27)15-7-8-19(18(12-15)24(28,29)30)33-22-17-11-14-5-2-1-4-13(14)10-16(17)21(31-32-22)20-6-3-9-34-20/h1-12H. The van der Waals surface area contributed by atoms with Crippen LogP contribution in [0.4, 0.5) is 26.3 Å². The largest absolute Gasteiger partial charge is 0.436 e. The maximum Gasteiger partial charge on any atom is 0.420 e. The fourth-order valence-electron chi connectivity index (χ4n) is 3.61. The van der Waals surface area contributed by atoms with Gasteiger partial charge in [0.25, 0.3) is 0 Å². The monoisotopic (exact) mass is 490 g/mol. The number of halogens is 6. The van der Waals surface area contributed by atoms with Gasteiger partial charge in [0, 0.05) is 10.8 Å². The van der Waals surface area contributed by atoms with E-state index in [1.807, 2.05) is 41.8 Å². The van der Waals surface area contributed by atoms with Crippen LogP contribution in [0.15, 0.2) is 72.1 Å². The lowest BCUT2D eigenvalue weighted by atomic mass is 10.0. The summed E-state index contributed by atoms with van der Waals surface area (Å²) in [5.74, 6) is -1.04. The molecule has 0 spiro atoms. The summed E-state index contributed by atoms with van der Waals surface area (Å²) in [6.45, 7) is 0. The number of ether oxygens (including phenoxy) is 1. The molecule has 0 amide bonds. The molecule has 0 aliphatic carbocycles. The summed E-state index contributed by atoms with van der Waals surface area (Å²) in [7, 11) is 0. The van der Waals surface area contributed by atoms with Gasteiger partial charge >= 0.3 is 12.4 Å². The molecule has 3 nitrogen and oxygen atoms in total. The first kappa shape index (κ1) is 22.1. The summed E-state index contributed by atoms with van der Waals surface area (Å²) in [5.41, 5.74) is -2.46. The molecule has 0 saturated heterocycles. The molecule has 5 rings (SSSR count). The van der Waals surface area contributed by atoms with E-state index < -0.39 is 29.2 Å². The van der Waals surface area contributed by atoms with E-state index in [2.05, 4.69) is 10.2 Å². The highest BCUT2D eigenvalue weighted by Gasteiger charge is 2.39. The van der Waals surface area contributed by atoms with Crippen LogP contribution in [-0.2, 0) is 12.4 Å². The highest BCUT2D eigenvalue weighted by Crippen LogP contribution is 2.43. The summed E-state index contributed by atoms with van der Waals surface area (Å²) in [4.78, 5) is 0.796. The molecule has 34 heavy (non-hydrogen) atoms. The lowest BCUT2D eigenvalue weighted by molar-refractivity contribution is -0.143. The Morgan fingerprint density at radius 2 is 1.41 bits per heavy atom. The zero-order valence-electron chi connectivity index (χ0n) is 16.9. The van der Waals surface area contributed by atoms with Gasteiger partial charge in [-0.3, -0.25) is 0 Å². The second-order valence-corrected chi connectivity index (χ2v) is 8.33. The average molecular weight is 490 g/mol. The lowest BCUT2D eigenvalue weighted by Gasteiger charge is -2.17. The van der Waals surface area contributed by atoms with Gasteiger partial charge in [0.15, 0.2) is 0 Å². The van der Waals surface area contributed by atoms with E-state index in [-0.39, 0.29) is 11.9 Å². The Hall–Kier alpha value is -3.66. The quantitative estimate of drug-likeness (QED) is 0.188. The summed E-state index contributed by atoms with van der Waals surface area (Å²) >= 11 is 1.42. The highest BCUT2D eigenvalue weighted by molar-refractivity contribution is 7.13. The van der Waals surface area contributed by atoms with Crippen molar-refractivity contribution < 1.29 is 31.1 Å². The molecule has 2 heterocycles. The number of thiophene rings is 1. The van der Waals surface area contributed by atoms with E-state index in [9.17, 15) is 26.3 Å². The second-order valence-electron chi connectivity index (χ2n) is 7.38. The smallest absolute Gasteiger partial charge is 0.420 e. The number of aromatic nitrogens is 2. The molecule has 0 aliphatic heterocycles. The Bertz CT molecular complexity index is 1510. The van der Waals surface area contributed by atoms with E-state index in [0.29, 0.717) is 28.6 Å².